The number of carbonyl (C=O) groups is 1. The first kappa shape index (κ1) is 13.3. The molecule has 0 N–H and O–H groups in total. The van der Waals surface area contributed by atoms with E-state index in [4.69, 9.17) is 0 Å². The number of nitrogens with zero attached hydrogens (tertiary/aromatic N) is 3. The first-order valence-corrected chi connectivity index (χ1v) is 7.40. The molecule has 0 spiro atoms. The van der Waals surface area contributed by atoms with Gasteiger partial charge >= 0.3 is 0 Å². The third-order valence-electron chi connectivity index (χ3n) is 3.38. The van der Waals surface area contributed by atoms with Gasteiger partial charge in [0.1, 0.15) is 0 Å². The number of rotatable bonds is 3. The van der Waals surface area contributed by atoms with E-state index in [1.54, 1.807) is 11.3 Å². The molecule has 100 valence electrons. The summed E-state index contributed by atoms with van der Waals surface area (Å²) in [4.78, 5) is 21.9. The third-order valence-corrected chi connectivity index (χ3v) is 4.52. The smallest absolute Gasteiger partial charge is 0.222 e. The second-order valence-corrected chi connectivity index (χ2v) is 5.94. The van der Waals surface area contributed by atoms with E-state index in [2.05, 4.69) is 30.7 Å². The van der Waals surface area contributed by atoms with Crippen LogP contribution in [0.15, 0.2) is 0 Å². The molecule has 4 nitrogen and oxygen atoms in total. The van der Waals surface area contributed by atoms with Gasteiger partial charge < -0.3 is 9.80 Å². The lowest BCUT2D eigenvalue weighted by Gasteiger charge is -2.34. The van der Waals surface area contributed by atoms with Crippen molar-refractivity contribution in [3.63, 3.8) is 0 Å². The van der Waals surface area contributed by atoms with E-state index in [0.29, 0.717) is 12.3 Å². The van der Waals surface area contributed by atoms with Crippen LogP contribution < -0.4 is 4.90 Å². The SMILES string of the molecule is CCCC(=O)N1CCN(c2nc(C)c(C)s2)CC1. The van der Waals surface area contributed by atoms with Crippen molar-refractivity contribution in [1.29, 1.82) is 0 Å². The normalized spacial score (nSPS) is 16.2. The fourth-order valence-corrected chi connectivity index (χ4v) is 3.07. The van der Waals surface area contributed by atoms with Crippen molar-refractivity contribution in [1.82, 2.24) is 9.88 Å². The van der Waals surface area contributed by atoms with Crippen LogP contribution in [0.5, 0.6) is 0 Å². The Morgan fingerprint density at radius 3 is 2.44 bits per heavy atom. The minimum Gasteiger partial charge on any atom is -0.345 e. The number of amides is 1. The molecular weight excluding hydrogens is 246 g/mol. The van der Waals surface area contributed by atoms with Crippen molar-refractivity contribution in [3.8, 4) is 0 Å². The summed E-state index contributed by atoms with van der Waals surface area (Å²) in [6.45, 7) is 9.68. The second-order valence-electron chi connectivity index (χ2n) is 4.76. The molecule has 0 radical (unpaired) electrons. The zero-order chi connectivity index (χ0) is 13.1. The summed E-state index contributed by atoms with van der Waals surface area (Å²) >= 11 is 1.75. The van der Waals surface area contributed by atoms with Crippen molar-refractivity contribution in [2.45, 2.75) is 33.6 Å². The van der Waals surface area contributed by atoms with Gasteiger partial charge in [-0.2, -0.15) is 0 Å². The van der Waals surface area contributed by atoms with Gasteiger partial charge in [-0.15, -0.1) is 11.3 Å². The molecule has 2 heterocycles. The van der Waals surface area contributed by atoms with Crippen LogP contribution in [-0.2, 0) is 4.79 Å². The Bertz CT molecular complexity index is 402. The Morgan fingerprint density at radius 2 is 1.94 bits per heavy atom. The van der Waals surface area contributed by atoms with Gasteiger partial charge in [-0.25, -0.2) is 4.98 Å². The van der Waals surface area contributed by atoms with Gasteiger partial charge in [-0.3, -0.25) is 4.79 Å². The van der Waals surface area contributed by atoms with E-state index in [1.807, 2.05) is 4.90 Å². The van der Waals surface area contributed by atoms with Gasteiger partial charge in [0.2, 0.25) is 5.91 Å². The van der Waals surface area contributed by atoms with E-state index in [-0.39, 0.29) is 0 Å². The standard InChI is InChI=1S/C13H21N3OS/c1-4-5-12(17)15-6-8-16(9-7-15)13-14-10(2)11(3)18-13/h4-9H2,1-3H3. The summed E-state index contributed by atoms with van der Waals surface area (Å²) in [6, 6.07) is 0. The fraction of sp³-hybridized carbons (Fsp3) is 0.692. The maximum atomic E-state index is 11.8. The fourth-order valence-electron chi connectivity index (χ4n) is 2.11. The molecule has 1 saturated heterocycles. The summed E-state index contributed by atoms with van der Waals surface area (Å²) < 4.78 is 0. The lowest BCUT2D eigenvalue weighted by atomic mass is 10.2. The first-order chi connectivity index (χ1) is 8.61. The Morgan fingerprint density at radius 1 is 1.28 bits per heavy atom. The molecule has 1 fully saturated rings. The summed E-state index contributed by atoms with van der Waals surface area (Å²) in [6.07, 6.45) is 1.61. The number of thiazole rings is 1. The number of hydrogen-bond acceptors (Lipinski definition) is 4. The van der Waals surface area contributed by atoms with Crippen LogP contribution in [0, 0.1) is 13.8 Å². The molecule has 0 bridgehead atoms. The van der Waals surface area contributed by atoms with Crippen molar-refractivity contribution in [2.24, 2.45) is 0 Å². The quantitative estimate of drug-likeness (QED) is 0.842. The highest BCUT2D eigenvalue weighted by atomic mass is 32.1. The average Bonchev–Trinajstić information content (AvgIpc) is 2.70. The van der Waals surface area contributed by atoms with E-state index >= 15 is 0 Å². The molecule has 1 amide bonds. The van der Waals surface area contributed by atoms with Crippen molar-refractivity contribution >= 4 is 22.4 Å². The number of aryl methyl sites for hydroxylation is 2. The summed E-state index contributed by atoms with van der Waals surface area (Å²) in [7, 11) is 0. The summed E-state index contributed by atoms with van der Waals surface area (Å²) in [5.74, 6) is 0.295. The topological polar surface area (TPSA) is 36.4 Å². The monoisotopic (exact) mass is 267 g/mol. The molecule has 0 saturated carbocycles. The Kier molecular flexibility index (Phi) is 4.22. The zero-order valence-electron chi connectivity index (χ0n) is 11.4. The predicted molar refractivity (Wildman–Crippen MR) is 75.3 cm³/mol. The molecule has 0 unspecified atom stereocenters. The van der Waals surface area contributed by atoms with E-state index in [1.165, 1.54) is 4.88 Å². The zero-order valence-corrected chi connectivity index (χ0v) is 12.2. The van der Waals surface area contributed by atoms with Crippen molar-refractivity contribution < 1.29 is 4.79 Å². The predicted octanol–water partition coefficient (Wildman–Crippen LogP) is 2.21. The van der Waals surface area contributed by atoms with Crippen molar-refractivity contribution in [3.05, 3.63) is 10.6 Å². The van der Waals surface area contributed by atoms with Gasteiger partial charge in [0.15, 0.2) is 5.13 Å². The highest BCUT2D eigenvalue weighted by Gasteiger charge is 2.22. The summed E-state index contributed by atoms with van der Waals surface area (Å²) in [5.41, 5.74) is 1.12. The average molecular weight is 267 g/mol. The number of carbonyl (C=O) groups excluding carboxylic acids is 1. The largest absolute Gasteiger partial charge is 0.345 e. The van der Waals surface area contributed by atoms with Gasteiger partial charge in [0.05, 0.1) is 5.69 Å². The van der Waals surface area contributed by atoms with Gasteiger partial charge in [0, 0.05) is 37.5 Å². The number of hydrogen-bond donors (Lipinski definition) is 0. The maximum Gasteiger partial charge on any atom is 0.222 e. The van der Waals surface area contributed by atoms with Crippen LogP contribution in [0.1, 0.15) is 30.3 Å². The number of anilines is 1. The number of aromatic nitrogens is 1. The van der Waals surface area contributed by atoms with Crippen LogP contribution in [-0.4, -0.2) is 42.0 Å². The van der Waals surface area contributed by atoms with Gasteiger partial charge in [-0.05, 0) is 20.3 Å². The first-order valence-electron chi connectivity index (χ1n) is 6.58. The van der Waals surface area contributed by atoms with Crippen LogP contribution in [0.25, 0.3) is 0 Å². The molecule has 1 aliphatic rings. The Hall–Kier alpha value is -1.10. The Labute approximate surface area is 113 Å². The third kappa shape index (κ3) is 2.83. The van der Waals surface area contributed by atoms with Crippen LogP contribution in [0.3, 0.4) is 0 Å². The van der Waals surface area contributed by atoms with E-state index < -0.39 is 0 Å². The van der Waals surface area contributed by atoms with E-state index in [9.17, 15) is 4.79 Å². The van der Waals surface area contributed by atoms with Crippen LogP contribution >= 0.6 is 11.3 Å². The molecule has 0 atom stereocenters. The molecule has 0 aliphatic carbocycles. The van der Waals surface area contributed by atoms with Crippen LogP contribution in [0.2, 0.25) is 0 Å². The highest BCUT2D eigenvalue weighted by Crippen LogP contribution is 2.25. The minimum atomic E-state index is 0.295. The molecule has 1 aliphatic heterocycles. The lowest BCUT2D eigenvalue weighted by Crippen LogP contribution is -2.48. The molecule has 2 rings (SSSR count). The molecule has 18 heavy (non-hydrogen) atoms. The van der Waals surface area contributed by atoms with E-state index in [0.717, 1.165) is 43.4 Å². The highest BCUT2D eigenvalue weighted by molar-refractivity contribution is 7.15. The van der Waals surface area contributed by atoms with Gasteiger partial charge in [0.25, 0.3) is 0 Å². The molecule has 0 aromatic carbocycles. The maximum absolute atomic E-state index is 11.8. The van der Waals surface area contributed by atoms with Crippen molar-refractivity contribution in [2.75, 3.05) is 31.1 Å². The second kappa shape index (κ2) is 5.69. The molecule has 5 heteroatoms. The molecule has 1 aromatic rings. The number of piperazine rings is 1. The molecule has 1 aromatic heterocycles. The minimum absolute atomic E-state index is 0.295. The van der Waals surface area contributed by atoms with Gasteiger partial charge in [-0.1, -0.05) is 6.92 Å². The molecular formula is C13H21N3OS. The Balaban J connectivity index is 1.92. The van der Waals surface area contributed by atoms with Crippen LogP contribution in [0.4, 0.5) is 5.13 Å². The lowest BCUT2D eigenvalue weighted by molar-refractivity contribution is -0.131. The summed E-state index contributed by atoms with van der Waals surface area (Å²) in [5, 5.41) is 1.10.